The first-order valence-electron chi connectivity index (χ1n) is 4.53. The van der Waals surface area contributed by atoms with Gasteiger partial charge < -0.3 is 11.1 Å². The van der Waals surface area contributed by atoms with E-state index in [-0.39, 0.29) is 0 Å². The first-order valence-corrected chi connectivity index (χ1v) is 4.91. The average Bonchev–Trinajstić information content (AvgIpc) is 2.16. The van der Waals surface area contributed by atoms with Gasteiger partial charge in [-0.3, -0.25) is 0 Å². The van der Waals surface area contributed by atoms with Crippen molar-refractivity contribution in [2.75, 3.05) is 13.1 Å². The second-order valence-corrected chi connectivity index (χ2v) is 3.77. The van der Waals surface area contributed by atoms with Crippen molar-refractivity contribution in [3.05, 3.63) is 34.3 Å². The molecule has 2 nitrogen and oxygen atoms in total. The lowest BCUT2D eigenvalue weighted by molar-refractivity contribution is 0.513. The van der Waals surface area contributed by atoms with Crippen LogP contribution in [0.15, 0.2) is 18.2 Å². The zero-order valence-electron chi connectivity index (χ0n) is 7.39. The molecule has 1 aromatic carbocycles. The molecule has 2 rings (SSSR count). The van der Waals surface area contributed by atoms with E-state index in [0.29, 0.717) is 12.6 Å². The number of nitrogens with two attached hydrogens (primary N) is 1. The van der Waals surface area contributed by atoms with E-state index in [4.69, 9.17) is 17.3 Å². The number of halogens is 1. The van der Waals surface area contributed by atoms with Crippen LogP contribution in [0, 0.1) is 0 Å². The van der Waals surface area contributed by atoms with E-state index in [1.165, 1.54) is 11.1 Å². The molecule has 0 saturated heterocycles. The molecule has 70 valence electrons. The number of fused-ring (bicyclic) bond motifs is 1. The summed E-state index contributed by atoms with van der Waals surface area (Å²) in [6.07, 6.45) is 1.05. The van der Waals surface area contributed by atoms with Gasteiger partial charge in [-0.25, -0.2) is 0 Å². The fourth-order valence-electron chi connectivity index (χ4n) is 1.83. The zero-order chi connectivity index (χ0) is 9.26. The highest BCUT2D eigenvalue weighted by Crippen LogP contribution is 2.24. The lowest BCUT2D eigenvalue weighted by atomic mass is 9.94. The summed E-state index contributed by atoms with van der Waals surface area (Å²) < 4.78 is 0. The largest absolute Gasteiger partial charge is 0.329 e. The van der Waals surface area contributed by atoms with Crippen LogP contribution in [0.4, 0.5) is 0 Å². The van der Waals surface area contributed by atoms with Gasteiger partial charge in [-0.1, -0.05) is 17.7 Å². The minimum Gasteiger partial charge on any atom is -0.329 e. The summed E-state index contributed by atoms with van der Waals surface area (Å²) in [5.74, 6) is 0. The molecule has 13 heavy (non-hydrogen) atoms. The van der Waals surface area contributed by atoms with E-state index in [9.17, 15) is 0 Å². The Balaban J connectivity index is 2.40. The summed E-state index contributed by atoms with van der Waals surface area (Å²) in [4.78, 5) is 0. The molecule has 1 heterocycles. The predicted octanol–water partition coefficient (Wildman–Crippen LogP) is 1.49. The van der Waals surface area contributed by atoms with Crippen molar-refractivity contribution in [1.82, 2.24) is 5.32 Å². The SMILES string of the molecule is NCC1NCCc2cc(Cl)ccc21. The number of nitrogens with one attached hydrogen (secondary N) is 1. The van der Waals surface area contributed by atoms with Crippen LogP contribution in [0.5, 0.6) is 0 Å². The first-order chi connectivity index (χ1) is 6.31. The summed E-state index contributed by atoms with van der Waals surface area (Å²) in [7, 11) is 0. The molecule has 0 saturated carbocycles. The van der Waals surface area contributed by atoms with Gasteiger partial charge in [0.2, 0.25) is 0 Å². The normalized spacial score (nSPS) is 21.2. The van der Waals surface area contributed by atoms with Crippen molar-refractivity contribution in [2.24, 2.45) is 5.73 Å². The van der Waals surface area contributed by atoms with E-state index in [2.05, 4.69) is 11.4 Å². The van der Waals surface area contributed by atoms with Gasteiger partial charge in [-0.15, -0.1) is 0 Å². The number of benzene rings is 1. The molecule has 3 heteroatoms. The Labute approximate surface area is 83.1 Å². The van der Waals surface area contributed by atoms with Crippen LogP contribution < -0.4 is 11.1 Å². The lowest BCUT2D eigenvalue weighted by Crippen LogP contribution is -2.34. The van der Waals surface area contributed by atoms with Gasteiger partial charge in [0.25, 0.3) is 0 Å². The molecular weight excluding hydrogens is 184 g/mol. The zero-order valence-corrected chi connectivity index (χ0v) is 8.14. The maximum atomic E-state index is 5.92. The fraction of sp³-hybridized carbons (Fsp3) is 0.400. The molecule has 0 aliphatic carbocycles. The van der Waals surface area contributed by atoms with E-state index in [1.54, 1.807) is 0 Å². The average molecular weight is 197 g/mol. The Morgan fingerprint density at radius 2 is 2.38 bits per heavy atom. The van der Waals surface area contributed by atoms with E-state index < -0.39 is 0 Å². The molecular formula is C10H13ClN2. The van der Waals surface area contributed by atoms with Crippen LogP contribution in [0.1, 0.15) is 17.2 Å². The second kappa shape index (κ2) is 3.66. The molecule has 0 aromatic heterocycles. The molecule has 1 unspecified atom stereocenters. The van der Waals surface area contributed by atoms with Crippen LogP contribution >= 0.6 is 11.6 Å². The third-order valence-electron chi connectivity index (χ3n) is 2.50. The third kappa shape index (κ3) is 1.70. The summed E-state index contributed by atoms with van der Waals surface area (Å²) in [6.45, 7) is 1.64. The topological polar surface area (TPSA) is 38.0 Å². The summed E-state index contributed by atoms with van der Waals surface area (Å²) in [6, 6.07) is 6.35. The fourth-order valence-corrected chi connectivity index (χ4v) is 2.03. The van der Waals surface area contributed by atoms with Gasteiger partial charge in [0, 0.05) is 17.6 Å². The molecule has 0 radical (unpaired) electrons. The van der Waals surface area contributed by atoms with Crippen molar-refractivity contribution in [2.45, 2.75) is 12.5 Å². The number of rotatable bonds is 1. The standard InChI is InChI=1S/C10H13ClN2/c11-8-1-2-9-7(5-8)3-4-13-10(9)6-12/h1-2,5,10,13H,3-4,6,12H2. The van der Waals surface area contributed by atoms with Gasteiger partial charge in [-0.05, 0) is 36.2 Å². The van der Waals surface area contributed by atoms with Crippen molar-refractivity contribution in [3.8, 4) is 0 Å². The Kier molecular flexibility index (Phi) is 2.54. The molecule has 3 N–H and O–H groups in total. The predicted molar refractivity (Wildman–Crippen MR) is 55.0 cm³/mol. The summed E-state index contributed by atoms with van der Waals surface area (Å²) in [5.41, 5.74) is 8.30. The van der Waals surface area contributed by atoms with Gasteiger partial charge in [0.15, 0.2) is 0 Å². The minimum atomic E-state index is 0.306. The quantitative estimate of drug-likeness (QED) is 0.714. The van der Waals surface area contributed by atoms with Gasteiger partial charge in [0.05, 0.1) is 0 Å². The molecule has 1 aromatic rings. The van der Waals surface area contributed by atoms with Gasteiger partial charge >= 0.3 is 0 Å². The highest BCUT2D eigenvalue weighted by atomic mass is 35.5. The minimum absolute atomic E-state index is 0.306. The van der Waals surface area contributed by atoms with Gasteiger partial charge in [-0.2, -0.15) is 0 Å². The molecule has 0 amide bonds. The lowest BCUT2D eigenvalue weighted by Gasteiger charge is -2.25. The Morgan fingerprint density at radius 1 is 1.54 bits per heavy atom. The molecule has 0 bridgehead atoms. The summed E-state index contributed by atoms with van der Waals surface area (Å²) in [5, 5.41) is 4.19. The smallest absolute Gasteiger partial charge is 0.0447 e. The van der Waals surface area contributed by atoms with Crippen LogP contribution in [0.2, 0.25) is 5.02 Å². The van der Waals surface area contributed by atoms with E-state index >= 15 is 0 Å². The van der Waals surface area contributed by atoms with Crippen molar-refractivity contribution in [3.63, 3.8) is 0 Å². The molecule has 0 spiro atoms. The highest BCUT2D eigenvalue weighted by molar-refractivity contribution is 6.30. The first kappa shape index (κ1) is 9.00. The van der Waals surface area contributed by atoms with Gasteiger partial charge in [0.1, 0.15) is 0 Å². The Morgan fingerprint density at radius 3 is 3.15 bits per heavy atom. The van der Waals surface area contributed by atoms with E-state index in [0.717, 1.165) is 18.0 Å². The summed E-state index contributed by atoms with van der Waals surface area (Å²) >= 11 is 5.92. The maximum Gasteiger partial charge on any atom is 0.0447 e. The van der Waals surface area contributed by atoms with Crippen molar-refractivity contribution < 1.29 is 0 Å². The van der Waals surface area contributed by atoms with Crippen LogP contribution in [0.25, 0.3) is 0 Å². The van der Waals surface area contributed by atoms with Crippen molar-refractivity contribution in [1.29, 1.82) is 0 Å². The monoisotopic (exact) mass is 196 g/mol. The molecule has 1 atom stereocenters. The van der Waals surface area contributed by atoms with E-state index in [1.807, 2.05) is 12.1 Å². The molecule has 0 fully saturated rings. The number of hydrogen-bond donors (Lipinski definition) is 2. The molecule has 1 aliphatic heterocycles. The number of hydrogen-bond acceptors (Lipinski definition) is 2. The van der Waals surface area contributed by atoms with Crippen molar-refractivity contribution >= 4 is 11.6 Å². The van der Waals surface area contributed by atoms with Crippen LogP contribution in [-0.4, -0.2) is 13.1 Å². The Hall–Kier alpha value is -0.570. The van der Waals surface area contributed by atoms with Crippen LogP contribution in [-0.2, 0) is 6.42 Å². The maximum absolute atomic E-state index is 5.92. The third-order valence-corrected chi connectivity index (χ3v) is 2.74. The van der Waals surface area contributed by atoms with Crippen LogP contribution in [0.3, 0.4) is 0 Å². The second-order valence-electron chi connectivity index (χ2n) is 3.34. The highest BCUT2D eigenvalue weighted by Gasteiger charge is 2.17. The molecule has 1 aliphatic rings. The Bertz CT molecular complexity index is 312.